The summed E-state index contributed by atoms with van der Waals surface area (Å²) in [4.78, 5) is 10.8. The van der Waals surface area contributed by atoms with Crippen LogP contribution in [0.25, 0.3) is 11.6 Å². The van der Waals surface area contributed by atoms with Gasteiger partial charge >= 0.3 is 5.97 Å². The van der Waals surface area contributed by atoms with Crippen LogP contribution in [0.1, 0.15) is 21.5 Å². The molecule has 0 atom stereocenters. The van der Waals surface area contributed by atoms with Crippen molar-refractivity contribution in [3.8, 4) is 6.07 Å². The van der Waals surface area contributed by atoms with Gasteiger partial charge in [-0.1, -0.05) is 40.2 Å². The van der Waals surface area contributed by atoms with Gasteiger partial charge in [0.25, 0.3) is 0 Å². The zero-order chi connectivity index (χ0) is 14.5. The summed E-state index contributed by atoms with van der Waals surface area (Å²) in [6, 6.07) is 16.0. The van der Waals surface area contributed by atoms with E-state index in [2.05, 4.69) is 22.0 Å². The lowest BCUT2D eigenvalue weighted by Gasteiger charge is -2.01. The first-order valence-corrected chi connectivity index (χ1v) is 6.60. The van der Waals surface area contributed by atoms with Crippen molar-refractivity contribution in [2.45, 2.75) is 0 Å². The molecule has 2 aromatic rings. The average molecular weight is 328 g/mol. The Labute approximate surface area is 124 Å². The molecule has 0 amide bonds. The van der Waals surface area contributed by atoms with E-state index in [9.17, 15) is 10.1 Å². The Morgan fingerprint density at radius 3 is 2.10 bits per heavy atom. The monoisotopic (exact) mass is 327 g/mol. The second-order valence-corrected chi connectivity index (χ2v) is 5.02. The van der Waals surface area contributed by atoms with Crippen molar-refractivity contribution in [1.29, 1.82) is 5.26 Å². The minimum Gasteiger partial charge on any atom is -0.478 e. The summed E-state index contributed by atoms with van der Waals surface area (Å²) in [6.45, 7) is 0. The van der Waals surface area contributed by atoms with E-state index in [1.54, 1.807) is 18.2 Å². The van der Waals surface area contributed by atoms with Crippen molar-refractivity contribution in [2.75, 3.05) is 0 Å². The Morgan fingerprint density at radius 1 is 1.05 bits per heavy atom. The first-order chi connectivity index (χ1) is 9.60. The predicted molar refractivity (Wildman–Crippen MR) is 81.0 cm³/mol. The number of carboxylic acid groups (broad SMARTS) is 1. The van der Waals surface area contributed by atoms with Crippen LogP contribution in [-0.2, 0) is 0 Å². The van der Waals surface area contributed by atoms with E-state index in [-0.39, 0.29) is 5.56 Å². The summed E-state index contributed by atoms with van der Waals surface area (Å²) in [5.41, 5.74) is 2.30. The lowest BCUT2D eigenvalue weighted by atomic mass is 10.0. The van der Waals surface area contributed by atoms with Gasteiger partial charge in [0.05, 0.1) is 17.2 Å². The Balaban J connectivity index is 2.35. The predicted octanol–water partition coefficient (Wildman–Crippen LogP) is 4.21. The molecule has 4 heteroatoms. The third-order valence-corrected chi connectivity index (χ3v) is 3.27. The third kappa shape index (κ3) is 3.34. The van der Waals surface area contributed by atoms with E-state index < -0.39 is 5.97 Å². The highest BCUT2D eigenvalue weighted by atomic mass is 79.9. The molecule has 0 spiro atoms. The number of aromatic carboxylic acids is 1. The van der Waals surface area contributed by atoms with Crippen LogP contribution in [0.15, 0.2) is 53.0 Å². The quantitative estimate of drug-likeness (QED) is 0.678. The van der Waals surface area contributed by atoms with E-state index in [1.807, 2.05) is 24.3 Å². The molecule has 0 aliphatic heterocycles. The van der Waals surface area contributed by atoms with Crippen LogP contribution in [0, 0.1) is 11.3 Å². The maximum Gasteiger partial charge on any atom is 0.335 e. The second-order valence-electron chi connectivity index (χ2n) is 4.10. The zero-order valence-electron chi connectivity index (χ0n) is 10.4. The van der Waals surface area contributed by atoms with Gasteiger partial charge in [0.15, 0.2) is 0 Å². The standard InChI is InChI=1S/C16H10BrNO2/c17-15-7-1-11(2-8-15)9-14(10-18)12-3-5-13(6-4-12)16(19)20/h1-9H,(H,19,20). The zero-order valence-corrected chi connectivity index (χ0v) is 12.0. The molecule has 3 nitrogen and oxygen atoms in total. The number of halogens is 1. The molecule has 98 valence electrons. The molecular formula is C16H10BrNO2. The van der Waals surface area contributed by atoms with Gasteiger partial charge in [-0.05, 0) is 41.5 Å². The summed E-state index contributed by atoms with van der Waals surface area (Å²) >= 11 is 3.35. The summed E-state index contributed by atoms with van der Waals surface area (Å²) in [5.74, 6) is -0.980. The molecule has 0 unspecified atom stereocenters. The summed E-state index contributed by atoms with van der Waals surface area (Å²) in [7, 11) is 0. The molecule has 0 aromatic heterocycles. The highest BCUT2D eigenvalue weighted by Crippen LogP contribution is 2.19. The summed E-state index contributed by atoms with van der Waals surface area (Å²) in [6.07, 6.45) is 1.77. The largest absolute Gasteiger partial charge is 0.478 e. The summed E-state index contributed by atoms with van der Waals surface area (Å²) < 4.78 is 0.971. The fourth-order valence-electron chi connectivity index (χ4n) is 1.70. The van der Waals surface area contributed by atoms with Crippen molar-refractivity contribution in [3.63, 3.8) is 0 Å². The number of nitriles is 1. The normalized spacial score (nSPS) is 10.9. The first-order valence-electron chi connectivity index (χ1n) is 5.81. The molecule has 0 bridgehead atoms. The highest BCUT2D eigenvalue weighted by Gasteiger charge is 2.05. The average Bonchev–Trinajstić information content (AvgIpc) is 2.47. The molecule has 20 heavy (non-hydrogen) atoms. The van der Waals surface area contributed by atoms with Gasteiger partial charge in [-0.3, -0.25) is 0 Å². The van der Waals surface area contributed by atoms with Crippen molar-refractivity contribution < 1.29 is 9.90 Å². The van der Waals surface area contributed by atoms with E-state index >= 15 is 0 Å². The number of allylic oxidation sites excluding steroid dienone is 1. The molecule has 2 rings (SSSR count). The highest BCUT2D eigenvalue weighted by molar-refractivity contribution is 9.10. The van der Waals surface area contributed by atoms with Crippen LogP contribution in [0.3, 0.4) is 0 Å². The number of nitrogens with zero attached hydrogens (tertiary/aromatic N) is 1. The second kappa shape index (κ2) is 6.18. The number of hydrogen-bond donors (Lipinski definition) is 1. The number of carbonyl (C=O) groups is 1. The van der Waals surface area contributed by atoms with Gasteiger partial charge in [-0.2, -0.15) is 5.26 Å². The van der Waals surface area contributed by atoms with Crippen molar-refractivity contribution in [1.82, 2.24) is 0 Å². The maximum atomic E-state index is 10.8. The lowest BCUT2D eigenvalue weighted by Crippen LogP contribution is -1.95. The minimum atomic E-state index is -0.980. The van der Waals surface area contributed by atoms with Crippen LogP contribution in [-0.4, -0.2) is 11.1 Å². The molecule has 1 N–H and O–H groups in total. The number of benzene rings is 2. The fraction of sp³-hybridized carbons (Fsp3) is 0. The van der Waals surface area contributed by atoms with Gasteiger partial charge in [-0.25, -0.2) is 4.79 Å². The molecular weight excluding hydrogens is 318 g/mol. The molecule has 0 saturated carbocycles. The number of hydrogen-bond acceptors (Lipinski definition) is 2. The first kappa shape index (κ1) is 14.0. The third-order valence-electron chi connectivity index (χ3n) is 2.74. The fourth-order valence-corrected chi connectivity index (χ4v) is 1.96. The molecule has 0 fully saturated rings. The van der Waals surface area contributed by atoms with Crippen molar-refractivity contribution in [2.24, 2.45) is 0 Å². The van der Waals surface area contributed by atoms with Crippen LogP contribution < -0.4 is 0 Å². The van der Waals surface area contributed by atoms with Gasteiger partial charge < -0.3 is 5.11 Å². The molecule has 0 aliphatic carbocycles. The van der Waals surface area contributed by atoms with E-state index in [0.29, 0.717) is 11.1 Å². The van der Waals surface area contributed by atoms with E-state index in [4.69, 9.17) is 5.11 Å². The number of carboxylic acids is 1. The topological polar surface area (TPSA) is 61.1 Å². The lowest BCUT2D eigenvalue weighted by molar-refractivity contribution is 0.0697. The Kier molecular flexibility index (Phi) is 4.34. The smallest absolute Gasteiger partial charge is 0.335 e. The Bertz CT molecular complexity index is 695. The summed E-state index contributed by atoms with van der Waals surface area (Å²) in [5, 5.41) is 18.1. The number of rotatable bonds is 3. The molecule has 0 radical (unpaired) electrons. The Hall–Kier alpha value is -2.38. The van der Waals surface area contributed by atoms with Gasteiger partial charge in [0, 0.05) is 4.47 Å². The van der Waals surface area contributed by atoms with Crippen molar-refractivity contribution in [3.05, 3.63) is 69.7 Å². The minimum absolute atomic E-state index is 0.203. The molecule has 2 aromatic carbocycles. The SMILES string of the molecule is N#CC(=Cc1ccc(Br)cc1)c1ccc(C(=O)O)cc1. The van der Waals surface area contributed by atoms with E-state index in [1.165, 1.54) is 12.1 Å². The van der Waals surface area contributed by atoms with Gasteiger partial charge in [-0.15, -0.1) is 0 Å². The molecule has 0 aliphatic rings. The van der Waals surface area contributed by atoms with Crippen LogP contribution in [0.2, 0.25) is 0 Å². The van der Waals surface area contributed by atoms with E-state index in [0.717, 1.165) is 10.0 Å². The molecule has 0 saturated heterocycles. The van der Waals surface area contributed by atoms with Crippen LogP contribution in [0.5, 0.6) is 0 Å². The van der Waals surface area contributed by atoms with Crippen LogP contribution >= 0.6 is 15.9 Å². The van der Waals surface area contributed by atoms with Gasteiger partial charge in [0.2, 0.25) is 0 Å². The van der Waals surface area contributed by atoms with Gasteiger partial charge in [0.1, 0.15) is 0 Å². The molecule has 0 heterocycles. The van der Waals surface area contributed by atoms with Crippen molar-refractivity contribution >= 4 is 33.5 Å². The van der Waals surface area contributed by atoms with Crippen LogP contribution in [0.4, 0.5) is 0 Å². The Morgan fingerprint density at radius 2 is 1.60 bits per heavy atom. The maximum absolute atomic E-state index is 10.8.